The molecule has 0 radical (unpaired) electrons. The zero-order chi connectivity index (χ0) is 21.1. The van der Waals surface area contributed by atoms with Gasteiger partial charge >= 0.3 is 5.97 Å². The lowest BCUT2D eigenvalue weighted by Crippen LogP contribution is -2.36. The third-order valence-electron chi connectivity index (χ3n) is 4.56. The van der Waals surface area contributed by atoms with Crippen LogP contribution in [0.1, 0.15) is 18.9 Å². The number of oxime groups is 1. The SMILES string of the molecule is CCN(C(=O)COC(=O)C1CC(c2cccc(F)c2)=NO1)c1nc2ccccc2s1. The van der Waals surface area contributed by atoms with Crippen LogP contribution in [0.3, 0.4) is 0 Å². The summed E-state index contributed by atoms with van der Waals surface area (Å²) in [5.41, 5.74) is 1.80. The number of anilines is 1. The van der Waals surface area contributed by atoms with E-state index in [4.69, 9.17) is 9.57 Å². The number of amides is 1. The molecule has 0 bridgehead atoms. The van der Waals surface area contributed by atoms with Crippen molar-refractivity contribution in [2.75, 3.05) is 18.1 Å². The van der Waals surface area contributed by atoms with E-state index in [2.05, 4.69) is 10.1 Å². The van der Waals surface area contributed by atoms with Crippen molar-refractivity contribution in [3.8, 4) is 0 Å². The van der Waals surface area contributed by atoms with Gasteiger partial charge in [0.2, 0.25) is 6.10 Å². The molecule has 1 aliphatic rings. The van der Waals surface area contributed by atoms with E-state index in [-0.39, 0.29) is 12.3 Å². The number of hydrogen-bond acceptors (Lipinski definition) is 7. The molecule has 0 saturated heterocycles. The molecular weight excluding hydrogens is 409 g/mol. The fourth-order valence-electron chi connectivity index (χ4n) is 3.04. The average molecular weight is 427 g/mol. The molecule has 1 unspecified atom stereocenters. The molecule has 0 aliphatic carbocycles. The van der Waals surface area contributed by atoms with Crippen LogP contribution in [-0.4, -0.2) is 41.8 Å². The van der Waals surface area contributed by atoms with Crippen LogP contribution in [0.2, 0.25) is 0 Å². The van der Waals surface area contributed by atoms with Crippen molar-refractivity contribution in [2.24, 2.45) is 5.16 Å². The molecule has 30 heavy (non-hydrogen) atoms. The first-order chi connectivity index (χ1) is 14.5. The minimum atomic E-state index is -0.964. The molecule has 0 fully saturated rings. The van der Waals surface area contributed by atoms with Crippen molar-refractivity contribution in [3.05, 3.63) is 59.9 Å². The Balaban J connectivity index is 1.34. The van der Waals surface area contributed by atoms with Crippen LogP contribution in [0, 0.1) is 5.82 Å². The molecule has 0 N–H and O–H groups in total. The Bertz CT molecular complexity index is 1100. The molecule has 1 aromatic heterocycles. The van der Waals surface area contributed by atoms with Crippen molar-refractivity contribution in [3.63, 3.8) is 0 Å². The van der Waals surface area contributed by atoms with Gasteiger partial charge in [-0.25, -0.2) is 14.2 Å². The smallest absolute Gasteiger partial charge is 0.351 e. The van der Waals surface area contributed by atoms with E-state index < -0.39 is 24.5 Å². The number of aromatic nitrogens is 1. The Morgan fingerprint density at radius 2 is 2.10 bits per heavy atom. The molecule has 2 heterocycles. The second kappa shape index (κ2) is 8.58. The van der Waals surface area contributed by atoms with Crippen molar-refractivity contribution in [2.45, 2.75) is 19.4 Å². The van der Waals surface area contributed by atoms with Gasteiger partial charge in [-0.05, 0) is 31.2 Å². The number of fused-ring (bicyclic) bond motifs is 1. The third kappa shape index (κ3) is 4.16. The van der Waals surface area contributed by atoms with Gasteiger partial charge in [0.15, 0.2) is 11.7 Å². The van der Waals surface area contributed by atoms with E-state index >= 15 is 0 Å². The topological polar surface area (TPSA) is 81.1 Å². The second-order valence-corrected chi connectivity index (χ2v) is 7.57. The number of thiazole rings is 1. The molecule has 9 heteroatoms. The van der Waals surface area contributed by atoms with E-state index in [1.54, 1.807) is 12.1 Å². The lowest BCUT2D eigenvalue weighted by Gasteiger charge is -2.17. The van der Waals surface area contributed by atoms with Gasteiger partial charge in [-0.15, -0.1) is 0 Å². The van der Waals surface area contributed by atoms with Crippen LogP contribution >= 0.6 is 11.3 Å². The maximum Gasteiger partial charge on any atom is 0.351 e. The van der Waals surface area contributed by atoms with Crippen LogP contribution in [-0.2, 0) is 19.2 Å². The first-order valence-electron chi connectivity index (χ1n) is 9.36. The molecule has 1 amide bonds. The number of rotatable bonds is 6. The highest BCUT2D eigenvalue weighted by molar-refractivity contribution is 7.22. The summed E-state index contributed by atoms with van der Waals surface area (Å²) >= 11 is 1.40. The summed E-state index contributed by atoms with van der Waals surface area (Å²) in [5, 5.41) is 4.39. The standard InChI is InChI=1S/C21H18FN3O4S/c1-2-25(21-23-15-8-3-4-9-18(15)30-21)19(26)12-28-20(27)17-11-16(24-29-17)13-6-5-7-14(22)10-13/h3-10,17H,2,11-12H2,1H3. The number of halogens is 1. The Hall–Kier alpha value is -3.33. The van der Waals surface area contributed by atoms with Gasteiger partial charge in [0.1, 0.15) is 5.82 Å². The van der Waals surface area contributed by atoms with E-state index in [1.165, 1.54) is 28.4 Å². The summed E-state index contributed by atoms with van der Waals surface area (Å²) in [6, 6.07) is 13.5. The fourth-order valence-corrected chi connectivity index (χ4v) is 4.09. The lowest BCUT2D eigenvalue weighted by atomic mass is 10.1. The number of para-hydroxylation sites is 1. The van der Waals surface area contributed by atoms with Crippen molar-refractivity contribution in [1.29, 1.82) is 0 Å². The molecular formula is C21H18FN3O4S. The highest BCUT2D eigenvalue weighted by atomic mass is 32.1. The van der Waals surface area contributed by atoms with E-state index in [0.29, 0.717) is 23.0 Å². The van der Waals surface area contributed by atoms with Crippen molar-refractivity contribution in [1.82, 2.24) is 4.98 Å². The van der Waals surface area contributed by atoms with E-state index in [1.807, 2.05) is 31.2 Å². The van der Waals surface area contributed by atoms with Crippen LogP contribution in [0.4, 0.5) is 9.52 Å². The molecule has 7 nitrogen and oxygen atoms in total. The number of hydrogen-bond donors (Lipinski definition) is 0. The summed E-state index contributed by atoms with van der Waals surface area (Å²) in [4.78, 5) is 36.0. The Kier molecular flexibility index (Phi) is 5.71. The number of benzene rings is 2. The Morgan fingerprint density at radius 1 is 1.27 bits per heavy atom. The summed E-state index contributed by atoms with van der Waals surface area (Å²) in [6.45, 7) is 1.78. The van der Waals surface area contributed by atoms with Crippen LogP contribution in [0.5, 0.6) is 0 Å². The van der Waals surface area contributed by atoms with Gasteiger partial charge in [-0.3, -0.25) is 9.69 Å². The normalized spacial score (nSPS) is 15.5. The molecule has 4 rings (SSSR count). The van der Waals surface area contributed by atoms with E-state index in [9.17, 15) is 14.0 Å². The first-order valence-corrected chi connectivity index (χ1v) is 10.2. The highest BCUT2D eigenvalue weighted by Gasteiger charge is 2.31. The van der Waals surface area contributed by atoms with Gasteiger partial charge in [0.05, 0.1) is 15.9 Å². The first kappa shape index (κ1) is 20.0. The minimum Gasteiger partial charge on any atom is -0.453 e. The summed E-state index contributed by atoms with van der Waals surface area (Å²) in [5.74, 6) is -1.48. The molecule has 2 aromatic carbocycles. The van der Waals surface area contributed by atoms with Crippen LogP contribution < -0.4 is 4.90 Å². The van der Waals surface area contributed by atoms with Gasteiger partial charge in [-0.2, -0.15) is 0 Å². The van der Waals surface area contributed by atoms with Gasteiger partial charge in [0.25, 0.3) is 5.91 Å². The summed E-state index contributed by atoms with van der Waals surface area (Å²) < 4.78 is 19.5. The lowest BCUT2D eigenvalue weighted by molar-refractivity contribution is -0.158. The zero-order valence-electron chi connectivity index (χ0n) is 16.1. The number of likely N-dealkylation sites (N-methyl/N-ethyl adjacent to an activating group) is 1. The Labute approximate surface area is 175 Å². The molecule has 0 saturated carbocycles. The number of esters is 1. The number of nitrogens with zero attached hydrogens (tertiary/aromatic N) is 3. The number of carbonyl (C=O) groups excluding carboxylic acids is 2. The van der Waals surface area contributed by atoms with E-state index in [0.717, 1.165) is 10.2 Å². The predicted molar refractivity (Wildman–Crippen MR) is 111 cm³/mol. The molecule has 1 atom stereocenters. The van der Waals surface area contributed by atoms with Crippen LogP contribution in [0.25, 0.3) is 10.2 Å². The highest BCUT2D eigenvalue weighted by Crippen LogP contribution is 2.28. The second-order valence-electron chi connectivity index (χ2n) is 6.56. The number of ether oxygens (including phenoxy) is 1. The Morgan fingerprint density at radius 3 is 2.87 bits per heavy atom. The largest absolute Gasteiger partial charge is 0.453 e. The van der Waals surface area contributed by atoms with Crippen molar-refractivity contribution < 1.29 is 23.6 Å². The van der Waals surface area contributed by atoms with Gasteiger partial charge < -0.3 is 9.57 Å². The molecule has 1 aliphatic heterocycles. The average Bonchev–Trinajstić information content (AvgIpc) is 3.40. The molecule has 3 aromatic rings. The quantitative estimate of drug-likeness (QED) is 0.562. The van der Waals surface area contributed by atoms with Crippen LogP contribution in [0.15, 0.2) is 53.7 Å². The number of carbonyl (C=O) groups is 2. The zero-order valence-corrected chi connectivity index (χ0v) is 16.9. The minimum absolute atomic E-state index is 0.145. The monoisotopic (exact) mass is 427 g/mol. The van der Waals surface area contributed by atoms with Gasteiger partial charge in [0, 0.05) is 18.5 Å². The maximum absolute atomic E-state index is 13.4. The maximum atomic E-state index is 13.4. The van der Waals surface area contributed by atoms with Gasteiger partial charge in [-0.1, -0.05) is 40.8 Å². The molecule has 0 spiro atoms. The fraction of sp³-hybridized carbons (Fsp3) is 0.238. The molecule has 154 valence electrons. The third-order valence-corrected chi connectivity index (χ3v) is 5.62. The summed E-state index contributed by atoms with van der Waals surface area (Å²) in [6.07, 6.45) is -0.820. The predicted octanol–water partition coefficient (Wildman–Crippen LogP) is 3.52. The van der Waals surface area contributed by atoms with Crippen molar-refractivity contribution >= 4 is 44.3 Å². The summed E-state index contributed by atoms with van der Waals surface area (Å²) in [7, 11) is 0.